The number of nitrogens with zero attached hydrogens (tertiary/aromatic N) is 2. The first-order chi connectivity index (χ1) is 16.3. The van der Waals surface area contributed by atoms with Crippen molar-refractivity contribution in [2.75, 3.05) is 25.1 Å². The Labute approximate surface area is 202 Å². The standard InChI is InChI=1S/C24H25N3O6S/c1-4-11-31-23(29)17-9-10-25-18-7-6-8-19(21(17)18)26-22(28)20-13-16(33-15(3)34)14-27(20)24(30)32-12-5-2/h4-10,16,20H,1-2,11-14H2,3H3,(H,26,28). The molecule has 0 radical (unpaired) electrons. The molecule has 178 valence electrons. The van der Waals surface area contributed by atoms with Gasteiger partial charge in [-0.25, -0.2) is 9.59 Å². The number of amides is 2. The SMILES string of the molecule is C=CCOC(=O)c1ccnc2cccc(NC(=O)C3CC(OC(C)=S)CN3C(=O)OCC=C)c12. The van der Waals surface area contributed by atoms with Crippen molar-refractivity contribution in [3.63, 3.8) is 0 Å². The summed E-state index contributed by atoms with van der Waals surface area (Å²) in [7, 11) is 0. The Hall–Kier alpha value is -3.79. The zero-order valence-electron chi connectivity index (χ0n) is 18.7. The number of aromatic nitrogens is 1. The number of thiocarbonyl (C=S) groups is 1. The quantitative estimate of drug-likeness (QED) is 0.345. The van der Waals surface area contributed by atoms with E-state index in [9.17, 15) is 14.4 Å². The lowest BCUT2D eigenvalue weighted by Crippen LogP contribution is -2.43. The van der Waals surface area contributed by atoms with Gasteiger partial charge in [-0.15, -0.1) is 0 Å². The molecule has 2 unspecified atom stereocenters. The molecule has 1 N–H and O–H groups in total. The average Bonchev–Trinajstić information content (AvgIpc) is 3.24. The Morgan fingerprint density at radius 1 is 1.21 bits per heavy atom. The van der Waals surface area contributed by atoms with Gasteiger partial charge in [0, 0.05) is 24.9 Å². The molecule has 0 aliphatic carbocycles. The van der Waals surface area contributed by atoms with Crippen molar-refractivity contribution in [1.82, 2.24) is 9.88 Å². The second kappa shape index (κ2) is 11.4. The van der Waals surface area contributed by atoms with Crippen LogP contribution >= 0.6 is 12.2 Å². The zero-order chi connectivity index (χ0) is 24.7. The molecule has 3 rings (SSSR count). The Bertz CT molecular complexity index is 1130. The largest absolute Gasteiger partial charge is 0.482 e. The third-order valence-corrected chi connectivity index (χ3v) is 5.13. The first-order valence-electron chi connectivity index (χ1n) is 10.5. The summed E-state index contributed by atoms with van der Waals surface area (Å²) in [5.74, 6) is -1.04. The lowest BCUT2D eigenvalue weighted by Gasteiger charge is -2.23. The number of rotatable bonds is 8. The van der Waals surface area contributed by atoms with Gasteiger partial charge in [0.25, 0.3) is 0 Å². The van der Waals surface area contributed by atoms with Gasteiger partial charge in [-0.2, -0.15) is 0 Å². The summed E-state index contributed by atoms with van der Waals surface area (Å²) >= 11 is 5.01. The first-order valence-corrected chi connectivity index (χ1v) is 10.9. The summed E-state index contributed by atoms with van der Waals surface area (Å²) in [6.07, 6.45) is 3.49. The molecule has 9 nitrogen and oxygen atoms in total. The number of carbonyl (C=O) groups is 3. The van der Waals surface area contributed by atoms with Crippen molar-refractivity contribution < 1.29 is 28.6 Å². The third-order valence-electron chi connectivity index (χ3n) is 5.03. The van der Waals surface area contributed by atoms with Crippen molar-refractivity contribution in [3.8, 4) is 0 Å². The summed E-state index contributed by atoms with van der Waals surface area (Å²) in [6, 6.07) is 5.71. The maximum Gasteiger partial charge on any atom is 0.410 e. The van der Waals surface area contributed by atoms with Crippen LogP contribution in [0.1, 0.15) is 23.7 Å². The number of carbonyl (C=O) groups excluding carboxylic acids is 3. The van der Waals surface area contributed by atoms with Gasteiger partial charge in [0.2, 0.25) is 5.91 Å². The Morgan fingerprint density at radius 3 is 2.65 bits per heavy atom. The van der Waals surface area contributed by atoms with E-state index in [-0.39, 0.29) is 31.7 Å². The van der Waals surface area contributed by atoms with E-state index in [4.69, 9.17) is 26.4 Å². The van der Waals surface area contributed by atoms with Gasteiger partial charge in [0.05, 0.1) is 23.3 Å². The smallest absolute Gasteiger partial charge is 0.410 e. The van der Waals surface area contributed by atoms with Gasteiger partial charge >= 0.3 is 12.1 Å². The second-order valence-corrected chi connectivity index (χ2v) is 8.01. The number of nitrogens with one attached hydrogen (secondary N) is 1. The van der Waals surface area contributed by atoms with Crippen molar-refractivity contribution >= 4 is 51.8 Å². The number of ether oxygens (including phenoxy) is 3. The van der Waals surface area contributed by atoms with Crippen LogP contribution in [0.2, 0.25) is 0 Å². The molecule has 0 saturated carbocycles. The van der Waals surface area contributed by atoms with E-state index < -0.39 is 30.1 Å². The van der Waals surface area contributed by atoms with Crippen molar-refractivity contribution in [1.29, 1.82) is 0 Å². The van der Waals surface area contributed by atoms with E-state index in [0.717, 1.165) is 0 Å². The van der Waals surface area contributed by atoms with Crippen LogP contribution in [0.15, 0.2) is 55.8 Å². The number of fused-ring (bicyclic) bond motifs is 1. The molecule has 1 saturated heterocycles. The molecule has 0 bridgehead atoms. The van der Waals surface area contributed by atoms with E-state index in [1.807, 2.05) is 0 Å². The second-order valence-electron chi connectivity index (χ2n) is 7.44. The lowest BCUT2D eigenvalue weighted by molar-refractivity contribution is -0.120. The molecule has 1 aliphatic rings. The minimum atomic E-state index is -0.875. The molecule has 2 aromatic rings. The number of hydrogen-bond donors (Lipinski definition) is 1. The van der Waals surface area contributed by atoms with Crippen molar-refractivity contribution in [2.45, 2.75) is 25.5 Å². The fraction of sp³-hybridized carbons (Fsp3) is 0.292. The summed E-state index contributed by atoms with van der Waals surface area (Å²) in [5, 5.41) is 3.57. The van der Waals surface area contributed by atoms with Gasteiger partial charge in [-0.05, 0) is 30.4 Å². The van der Waals surface area contributed by atoms with Crippen LogP contribution in [0.3, 0.4) is 0 Å². The number of likely N-dealkylation sites (tertiary alicyclic amines) is 1. The van der Waals surface area contributed by atoms with Crippen LogP contribution in [0, 0.1) is 0 Å². The van der Waals surface area contributed by atoms with Gasteiger partial charge in [0.15, 0.2) is 5.05 Å². The highest BCUT2D eigenvalue weighted by Crippen LogP contribution is 2.28. The predicted molar refractivity (Wildman–Crippen MR) is 131 cm³/mol. The summed E-state index contributed by atoms with van der Waals surface area (Å²) in [5.41, 5.74) is 1.10. The maximum absolute atomic E-state index is 13.3. The molecular formula is C24H25N3O6S. The van der Waals surface area contributed by atoms with Gasteiger partial charge in [-0.3, -0.25) is 14.7 Å². The molecule has 1 aliphatic heterocycles. The Balaban J connectivity index is 1.90. The number of pyridine rings is 1. The zero-order valence-corrected chi connectivity index (χ0v) is 19.5. The molecule has 1 fully saturated rings. The first kappa shape index (κ1) is 24.8. The highest BCUT2D eigenvalue weighted by molar-refractivity contribution is 7.80. The fourth-order valence-electron chi connectivity index (χ4n) is 3.69. The molecule has 10 heteroatoms. The van der Waals surface area contributed by atoms with Crippen LogP contribution in [0.25, 0.3) is 10.9 Å². The summed E-state index contributed by atoms with van der Waals surface area (Å²) < 4.78 is 15.9. The number of hydrogen-bond acceptors (Lipinski definition) is 8. The van der Waals surface area contributed by atoms with Crippen LogP contribution in [0.5, 0.6) is 0 Å². The highest BCUT2D eigenvalue weighted by atomic mass is 32.1. The van der Waals surface area contributed by atoms with Crippen LogP contribution in [-0.4, -0.2) is 64.8 Å². The average molecular weight is 484 g/mol. The van der Waals surface area contributed by atoms with E-state index in [2.05, 4.69) is 23.5 Å². The molecule has 2 heterocycles. The monoisotopic (exact) mass is 483 g/mol. The Morgan fingerprint density at radius 2 is 1.94 bits per heavy atom. The Kier molecular flexibility index (Phi) is 8.31. The minimum absolute atomic E-state index is 0.00651. The van der Waals surface area contributed by atoms with E-state index in [1.54, 1.807) is 25.1 Å². The van der Waals surface area contributed by atoms with E-state index in [1.165, 1.54) is 29.3 Å². The summed E-state index contributed by atoms with van der Waals surface area (Å²) in [4.78, 5) is 44.0. The van der Waals surface area contributed by atoms with Crippen LogP contribution in [0.4, 0.5) is 10.5 Å². The molecule has 0 spiro atoms. The number of anilines is 1. The number of benzene rings is 1. The topological polar surface area (TPSA) is 107 Å². The van der Waals surface area contributed by atoms with Gasteiger partial charge in [0.1, 0.15) is 25.4 Å². The third kappa shape index (κ3) is 5.76. The molecule has 1 aromatic heterocycles. The lowest BCUT2D eigenvalue weighted by atomic mass is 10.1. The van der Waals surface area contributed by atoms with E-state index >= 15 is 0 Å². The normalized spacial score (nSPS) is 17.0. The van der Waals surface area contributed by atoms with Crippen molar-refractivity contribution in [3.05, 3.63) is 61.3 Å². The van der Waals surface area contributed by atoms with Crippen molar-refractivity contribution in [2.24, 2.45) is 0 Å². The molecule has 34 heavy (non-hydrogen) atoms. The molecule has 2 atom stereocenters. The predicted octanol–water partition coefficient (Wildman–Crippen LogP) is 3.65. The maximum atomic E-state index is 13.3. The number of esters is 1. The highest BCUT2D eigenvalue weighted by Gasteiger charge is 2.42. The molecule has 2 amide bonds. The summed E-state index contributed by atoms with van der Waals surface area (Å²) in [6.45, 7) is 8.88. The van der Waals surface area contributed by atoms with Gasteiger partial charge < -0.3 is 19.5 Å². The van der Waals surface area contributed by atoms with Crippen LogP contribution in [-0.2, 0) is 19.0 Å². The molecule has 1 aromatic carbocycles. The fourth-order valence-corrected chi connectivity index (χ4v) is 3.83. The van der Waals surface area contributed by atoms with Crippen LogP contribution < -0.4 is 5.32 Å². The molecular weight excluding hydrogens is 458 g/mol. The minimum Gasteiger partial charge on any atom is -0.482 e. The van der Waals surface area contributed by atoms with Gasteiger partial charge in [-0.1, -0.05) is 31.4 Å². The van der Waals surface area contributed by atoms with E-state index in [0.29, 0.717) is 21.6 Å².